The summed E-state index contributed by atoms with van der Waals surface area (Å²) in [4.78, 5) is 4.49. The van der Waals surface area contributed by atoms with Crippen molar-refractivity contribution in [2.45, 2.75) is 5.33 Å². The van der Waals surface area contributed by atoms with Crippen LogP contribution in [0.5, 0.6) is 5.75 Å². The molecule has 1 aromatic heterocycles. The maximum atomic E-state index is 5.18. The van der Waals surface area contributed by atoms with Gasteiger partial charge in [-0.3, -0.25) is 0 Å². The first-order valence-electron chi connectivity index (χ1n) is 4.48. The van der Waals surface area contributed by atoms with Crippen molar-refractivity contribution in [2.75, 3.05) is 7.11 Å². The molecule has 78 valence electrons. The summed E-state index contributed by atoms with van der Waals surface area (Å²) >= 11 is 5.05. The summed E-state index contributed by atoms with van der Waals surface area (Å²) in [6.07, 6.45) is 0. The van der Waals surface area contributed by atoms with Gasteiger partial charge in [-0.1, -0.05) is 28.1 Å². The molecule has 0 N–H and O–H groups in total. The Morgan fingerprint density at radius 1 is 1.47 bits per heavy atom. The molecule has 0 amide bonds. The molecule has 0 fully saturated rings. The lowest BCUT2D eigenvalue weighted by atomic mass is 10.2. The van der Waals surface area contributed by atoms with E-state index in [1.165, 1.54) is 0 Å². The van der Waals surface area contributed by atoms with E-state index in [1.807, 2.05) is 24.3 Å². The van der Waals surface area contributed by atoms with Crippen LogP contribution < -0.4 is 4.74 Å². The summed E-state index contributed by atoms with van der Waals surface area (Å²) in [7, 11) is 1.67. The highest BCUT2D eigenvalue weighted by molar-refractivity contribution is 9.08. The molecule has 0 aliphatic heterocycles. The Kier molecular flexibility index (Phi) is 3.38. The van der Waals surface area contributed by atoms with Crippen molar-refractivity contribution in [1.29, 1.82) is 0 Å². The average molecular weight is 284 g/mol. The fourth-order valence-electron chi connectivity index (χ4n) is 1.29. The van der Waals surface area contributed by atoms with Gasteiger partial charge >= 0.3 is 0 Å². The maximum Gasteiger partial charge on any atom is 0.119 e. The summed E-state index contributed by atoms with van der Waals surface area (Å²) in [5.74, 6) is 0.862. The van der Waals surface area contributed by atoms with E-state index >= 15 is 0 Å². The predicted molar refractivity (Wildman–Crippen MR) is 66.7 cm³/mol. The largest absolute Gasteiger partial charge is 0.497 e. The van der Waals surface area contributed by atoms with Crippen LogP contribution >= 0.6 is 27.3 Å². The van der Waals surface area contributed by atoms with Crippen LogP contribution in [-0.2, 0) is 5.33 Å². The molecule has 0 atom stereocenters. The standard InChI is InChI=1S/C11H10BrNOS/c1-14-9-4-2-3-8(5-9)10-7-15-11(6-12)13-10/h2-5,7H,6H2,1H3. The molecule has 0 spiro atoms. The highest BCUT2D eigenvalue weighted by Gasteiger charge is 2.04. The number of halogens is 1. The van der Waals surface area contributed by atoms with Gasteiger partial charge in [0.25, 0.3) is 0 Å². The minimum absolute atomic E-state index is 0.807. The van der Waals surface area contributed by atoms with Crippen LogP contribution in [0.15, 0.2) is 29.6 Å². The number of ether oxygens (including phenoxy) is 1. The lowest BCUT2D eigenvalue weighted by Gasteiger charge is -2.01. The molecule has 15 heavy (non-hydrogen) atoms. The van der Waals surface area contributed by atoms with Gasteiger partial charge in [0.1, 0.15) is 10.8 Å². The summed E-state index contributed by atoms with van der Waals surface area (Å²) in [6, 6.07) is 7.94. The molecular weight excluding hydrogens is 274 g/mol. The Morgan fingerprint density at radius 3 is 3.00 bits per heavy atom. The maximum absolute atomic E-state index is 5.18. The molecule has 0 aliphatic carbocycles. The Morgan fingerprint density at radius 2 is 2.33 bits per heavy atom. The van der Waals surface area contributed by atoms with Crippen molar-refractivity contribution in [3.05, 3.63) is 34.7 Å². The lowest BCUT2D eigenvalue weighted by Crippen LogP contribution is -1.84. The molecule has 0 unspecified atom stereocenters. The number of alkyl halides is 1. The first kappa shape index (κ1) is 10.6. The Labute approximate surface area is 101 Å². The smallest absolute Gasteiger partial charge is 0.119 e. The molecular formula is C11H10BrNOS. The van der Waals surface area contributed by atoms with Crippen molar-refractivity contribution < 1.29 is 4.74 Å². The van der Waals surface area contributed by atoms with E-state index in [9.17, 15) is 0 Å². The minimum atomic E-state index is 0.807. The molecule has 1 aromatic carbocycles. The Balaban J connectivity index is 2.35. The zero-order valence-electron chi connectivity index (χ0n) is 8.24. The molecule has 2 aromatic rings. The molecule has 0 radical (unpaired) electrons. The number of hydrogen-bond acceptors (Lipinski definition) is 3. The van der Waals surface area contributed by atoms with Crippen LogP contribution in [0.4, 0.5) is 0 Å². The van der Waals surface area contributed by atoms with Gasteiger partial charge in [0.2, 0.25) is 0 Å². The van der Waals surface area contributed by atoms with Crippen LogP contribution in [0.1, 0.15) is 5.01 Å². The van der Waals surface area contributed by atoms with E-state index in [1.54, 1.807) is 18.4 Å². The molecule has 0 aliphatic rings. The second kappa shape index (κ2) is 4.77. The molecule has 2 nitrogen and oxygen atoms in total. The van der Waals surface area contributed by atoms with Crippen molar-refractivity contribution in [3.63, 3.8) is 0 Å². The molecule has 1 heterocycles. The third kappa shape index (κ3) is 2.38. The van der Waals surface area contributed by atoms with Crippen molar-refractivity contribution >= 4 is 27.3 Å². The Bertz CT molecular complexity index is 455. The SMILES string of the molecule is COc1cccc(-c2csc(CBr)n2)c1. The van der Waals surface area contributed by atoms with Crippen molar-refractivity contribution in [1.82, 2.24) is 4.98 Å². The molecule has 0 saturated heterocycles. The number of thiazole rings is 1. The van der Waals surface area contributed by atoms with E-state index < -0.39 is 0 Å². The van der Waals surface area contributed by atoms with E-state index in [4.69, 9.17) is 4.74 Å². The van der Waals surface area contributed by atoms with E-state index in [0.29, 0.717) is 0 Å². The number of rotatable bonds is 3. The Hall–Kier alpha value is -0.870. The molecule has 4 heteroatoms. The average Bonchev–Trinajstić information content (AvgIpc) is 2.78. The van der Waals surface area contributed by atoms with Gasteiger partial charge in [0.15, 0.2) is 0 Å². The predicted octanol–water partition coefficient (Wildman–Crippen LogP) is 3.71. The van der Waals surface area contributed by atoms with Crippen molar-refractivity contribution in [2.24, 2.45) is 0 Å². The number of benzene rings is 1. The van der Waals surface area contributed by atoms with Gasteiger partial charge < -0.3 is 4.74 Å². The van der Waals surface area contributed by atoms with Gasteiger partial charge in [-0.2, -0.15) is 0 Å². The van der Waals surface area contributed by atoms with Crippen LogP contribution in [0.2, 0.25) is 0 Å². The number of aromatic nitrogens is 1. The first-order valence-corrected chi connectivity index (χ1v) is 6.48. The molecule has 0 saturated carbocycles. The van der Waals surface area contributed by atoms with E-state index in [0.717, 1.165) is 27.3 Å². The van der Waals surface area contributed by atoms with Gasteiger partial charge in [0.05, 0.1) is 18.1 Å². The third-order valence-corrected chi connectivity index (χ3v) is 3.78. The number of nitrogens with zero attached hydrogens (tertiary/aromatic N) is 1. The van der Waals surface area contributed by atoms with E-state index in [-0.39, 0.29) is 0 Å². The third-order valence-electron chi connectivity index (χ3n) is 2.03. The fraction of sp³-hybridized carbons (Fsp3) is 0.182. The number of hydrogen-bond donors (Lipinski definition) is 0. The quantitative estimate of drug-likeness (QED) is 0.801. The summed E-state index contributed by atoms with van der Waals surface area (Å²) in [6.45, 7) is 0. The molecule has 2 rings (SSSR count). The number of methoxy groups -OCH3 is 1. The van der Waals surface area contributed by atoms with Gasteiger partial charge in [-0.25, -0.2) is 4.98 Å². The zero-order valence-corrected chi connectivity index (χ0v) is 10.6. The molecule has 0 bridgehead atoms. The highest BCUT2D eigenvalue weighted by atomic mass is 79.9. The van der Waals surface area contributed by atoms with Crippen LogP contribution in [0.25, 0.3) is 11.3 Å². The lowest BCUT2D eigenvalue weighted by molar-refractivity contribution is 0.415. The van der Waals surface area contributed by atoms with Crippen LogP contribution in [-0.4, -0.2) is 12.1 Å². The minimum Gasteiger partial charge on any atom is -0.497 e. The van der Waals surface area contributed by atoms with Crippen LogP contribution in [0.3, 0.4) is 0 Å². The summed E-state index contributed by atoms with van der Waals surface area (Å²) in [5.41, 5.74) is 2.10. The van der Waals surface area contributed by atoms with Gasteiger partial charge in [-0.15, -0.1) is 11.3 Å². The zero-order chi connectivity index (χ0) is 10.7. The first-order chi connectivity index (χ1) is 7.33. The second-order valence-corrected chi connectivity index (χ2v) is 4.50. The van der Waals surface area contributed by atoms with Crippen LogP contribution in [0, 0.1) is 0 Å². The fourth-order valence-corrected chi connectivity index (χ4v) is 2.46. The van der Waals surface area contributed by atoms with Gasteiger partial charge in [0, 0.05) is 10.9 Å². The van der Waals surface area contributed by atoms with Gasteiger partial charge in [-0.05, 0) is 12.1 Å². The highest BCUT2D eigenvalue weighted by Crippen LogP contribution is 2.25. The van der Waals surface area contributed by atoms with E-state index in [2.05, 4.69) is 26.3 Å². The topological polar surface area (TPSA) is 22.1 Å². The van der Waals surface area contributed by atoms with Crippen molar-refractivity contribution in [3.8, 4) is 17.0 Å². The summed E-state index contributed by atoms with van der Waals surface area (Å²) in [5, 5.41) is 3.96. The summed E-state index contributed by atoms with van der Waals surface area (Å²) < 4.78 is 5.18. The normalized spacial score (nSPS) is 10.3. The second-order valence-electron chi connectivity index (χ2n) is 2.99. The monoisotopic (exact) mass is 283 g/mol.